The van der Waals surface area contributed by atoms with Gasteiger partial charge in [-0.2, -0.15) is 0 Å². The van der Waals surface area contributed by atoms with Gasteiger partial charge in [0.2, 0.25) is 0 Å². The largest absolute Gasteiger partial charge is 0.388 e. The second-order valence-corrected chi connectivity index (χ2v) is 5.30. The average molecular weight is 256 g/mol. The Bertz CT molecular complexity index is 538. The maximum Gasteiger partial charge on any atom is 0.0797 e. The van der Waals surface area contributed by atoms with Crippen molar-refractivity contribution in [2.45, 2.75) is 37.9 Å². The summed E-state index contributed by atoms with van der Waals surface area (Å²) < 4.78 is 5.62. The molecule has 1 aliphatic heterocycles. The maximum absolute atomic E-state index is 10.4. The molecule has 2 heteroatoms. The molecule has 0 aromatic heterocycles. The summed E-state index contributed by atoms with van der Waals surface area (Å²) in [5, 5.41) is 12.8. The third-order valence-corrected chi connectivity index (χ3v) is 3.97. The Morgan fingerprint density at radius 2 is 2.00 bits per heavy atom. The van der Waals surface area contributed by atoms with E-state index >= 15 is 0 Å². The van der Waals surface area contributed by atoms with Gasteiger partial charge in [-0.3, -0.25) is 0 Å². The van der Waals surface area contributed by atoms with Crippen LogP contribution in [0.4, 0.5) is 0 Å². The molecule has 1 N–H and O–H groups in total. The van der Waals surface area contributed by atoms with Gasteiger partial charge in [-0.05, 0) is 42.0 Å². The lowest BCUT2D eigenvalue weighted by atomic mass is 9.96. The van der Waals surface area contributed by atoms with Crippen LogP contribution in [0.25, 0.3) is 10.8 Å². The average Bonchev–Trinajstić information content (AvgIpc) is 2.97. The van der Waals surface area contributed by atoms with Gasteiger partial charge >= 0.3 is 0 Å². The van der Waals surface area contributed by atoms with E-state index in [1.54, 1.807) is 0 Å². The zero-order valence-corrected chi connectivity index (χ0v) is 11.1. The molecule has 3 rings (SSSR count). The quantitative estimate of drug-likeness (QED) is 0.900. The molecule has 1 fully saturated rings. The van der Waals surface area contributed by atoms with Crippen LogP contribution in [0, 0.1) is 0 Å². The van der Waals surface area contributed by atoms with Gasteiger partial charge in [0.15, 0.2) is 0 Å². The molecule has 2 aromatic rings. The van der Waals surface area contributed by atoms with Crippen LogP contribution in [0.3, 0.4) is 0 Å². The van der Waals surface area contributed by atoms with Crippen LogP contribution >= 0.6 is 0 Å². The van der Waals surface area contributed by atoms with E-state index in [4.69, 9.17) is 4.74 Å². The highest BCUT2D eigenvalue weighted by molar-refractivity contribution is 5.85. The van der Waals surface area contributed by atoms with Gasteiger partial charge in [-0.25, -0.2) is 0 Å². The molecule has 0 bridgehead atoms. The molecule has 0 spiro atoms. The first kappa shape index (κ1) is 12.6. The molecular formula is C17H20O2. The smallest absolute Gasteiger partial charge is 0.0797 e. The normalized spacial score (nSPS) is 20.8. The van der Waals surface area contributed by atoms with E-state index in [1.807, 2.05) is 24.3 Å². The number of hydrogen-bond donors (Lipinski definition) is 1. The zero-order valence-electron chi connectivity index (χ0n) is 11.1. The maximum atomic E-state index is 10.4. The Morgan fingerprint density at radius 1 is 1.16 bits per heavy atom. The van der Waals surface area contributed by atoms with Crippen LogP contribution < -0.4 is 0 Å². The topological polar surface area (TPSA) is 29.5 Å². The first-order valence-corrected chi connectivity index (χ1v) is 7.12. The Hall–Kier alpha value is -1.38. The van der Waals surface area contributed by atoms with Crippen molar-refractivity contribution in [2.24, 2.45) is 0 Å². The summed E-state index contributed by atoms with van der Waals surface area (Å²) in [5.41, 5.74) is 1.04. The van der Waals surface area contributed by atoms with Gasteiger partial charge in [0.1, 0.15) is 0 Å². The highest BCUT2D eigenvalue weighted by Crippen LogP contribution is 2.28. The zero-order chi connectivity index (χ0) is 13.1. The highest BCUT2D eigenvalue weighted by Gasteiger charge is 2.18. The molecule has 1 heterocycles. The monoisotopic (exact) mass is 256 g/mol. The Morgan fingerprint density at radius 3 is 2.84 bits per heavy atom. The molecule has 1 saturated heterocycles. The van der Waals surface area contributed by atoms with Gasteiger partial charge in [-0.1, -0.05) is 42.5 Å². The fourth-order valence-electron chi connectivity index (χ4n) is 2.91. The first-order valence-electron chi connectivity index (χ1n) is 7.12. The third-order valence-electron chi connectivity index (χ3n) is 3.97. The Labute approximate surface area is 114 Å². The molecule has 2 nitrogen and oxygen atoms in total. The number of aliphatic hydroxyl groups excluding tert-OH is 1. The van der Waals surface area contributed by atoms with E-state index in [0.29, 0.717) is 6.10 Å². The van der Waals surface area contributed by atoms with Crippen molar-refractivity contribution in [2.75, 3.05) is 6.61 Å². The van der Waals surface area contributed by atoms with Gasteiger partial charge in [0, 0.05) is 6.61 Å². The summed E-state index contributed by atoms with van der Waals surface area (Å²) in [6.45, 7) is 0.884. The first-order chi connectivity index (χ1) is 9.34. The Balaban J connectivity index is 1.75. The van der Waals surface area contributed by atoms with Crippen molar-refractivity contribution < 1.29 is 9.84 Å². The van der Waals surface area contributed by atoms with Gasteiger partial charge in [0.05, 0.1) is 12.2 Å². The minimum Gasteiger partial charge on any atom is -0.388 e. The second-order valence-electron chi connectivity index (χ2n) is 5.30. The van der Waals surface area contributed by atoms with Crippen molar-refractivity contribution in [3.05, 3.63) is 48.0 Å². The van der Waals surface area contributed by atoms with Crippen LogP contribution in [0.2, 0.25) is 0 Å². The minimum absolute atomic E-state index is 0.352. The molecule has 0 amide bonds. The highest BCUT2D eigenvalue weighted by atomic mass is 16.5. The molecule has 0 radical (unpaired) electrons. The van der Waals surface area contributed by atoms with Gasteiger partial charge in [-0.15, -0.1) is 0 Å². The van der Waals surface area contributed by atoms with Crippen LogP contribution in [0.5, 0.6) is 0 Å². The van der Waals surface area contributed by atoms with Crippen molar-refractivity contribution in [1.29, 1.82) is 0 Å². The minimum atomic E-state index is -0.393. The van der Waals surface area contributed by atoms with E-state index in [2.05, 4.69) is 18.2 Å². The van der Waals surface area contributed by atoms with E-state index in [-0.39, 0.29) is 0 Å². The van der Waals surface area contributed by atoms with E-state index < -0.39 is 6.10 Å². The summed E-state index contributed by atoms with van der Waals surface area (Å²) in [7, 11) is 0. The van der Waals surface area contributed by atoms with E-state index in [9.17, 15) is 5.11 Å². The molecule has 2 atom stereocenters. The number of benzene rings is 2. The van der Waals surface area contributed by atoms with Gasteiger partial charge < -0.3 is 9.84 Å². The fraction of sp³-hybridized carbons (Fsp3) is 0.412. The lowest BCUT2D eigenvalue weighted by Gasteiger charge is -2.16. The third kappa shape index (κ3) is 2.80. The fourth-order valence-corrected chi connectivity index (χ4v) is 2.91. The van der Waals surface area contributed by atoms with Crippen LogP contribution in [0.1, 0.15) is 37.4 Å². The van der Waals surface area contributed by atoms with Crippen molar-refractivity contribution in [3.8, 4) is 0 Å². The van der Waals surface area contributed by atoms with Crippen molar-refractivity contribution >= 4 is 10.8 Å². The summed E-state index contributed by atoms with van der Waals surface area (Å²) >= 11 is 0. The molecule has 19 heavy (non-hydrogen) atoms. The van der Waals surface area contributed by atoms with E-state index in [0.717, 1.165) is 43.2 Å². The molecule has 2 unspecified atom stereocenters. The van der Waals surface area contributed by atoms with Gasteiger partial charge in [0.25, 0.3) is 0 Å². The second kappa shape index (κ2) is 5.72. The summed E-state index contributed by atoms with van der Waals surface area (Å²) in [4.78, 5) is 0. The summed E-state index contributed by atoms with van der Waals surface area (Å²) in [5.74, 6) is 0. The lowest BCUT2D eigenvalue weighted by Crippen LogP contribution is -2.08. The van der Waals surface area contributed by atoms with Crippen molar-refractivity contribution in [1.82, 2.24) is 0 Å². The lowest BCUT2D eigenvalue weighted by molar-refractivity contribution is 0.0815. The predicted molar refractivity (Wildman–Crippen MR) is 77.1 cm³/mol. The molecule has 1 aliphatic rings. The number of aliphatic hydroxyl groups is 1. The molecule has 2 aromatic carbocycles. The van der Waals surface area contributed by atoms with Crippen molar-refractivity contribution in [3.63, 3.8) is 0 Å². The number of ether oxygens (including phenoxy) is 1. The standard InChI is InChI=1S/C17H20O2/c18-17(11-10-14-7-4-12-19-14)16-9-3-6-13-5-1-2-8-15(13)16/h1-3,5-6,8-9,14,17-18H,4,7,10-12H2. The SMILES string of the molecule is OC(CCC1CCCO1)c1cccc2ccccc12. The van der Waals surface area contributed by atoms with Crippen LogP contribution in [-0.2, 0) is 4.74 Å². The molecule has 100 valence electrons. The Kier molecular flexibility index (Phi) is 3.81. The van der Waals surface area contributed by atoms with E-state index in [1.165, 1.54) is 5.39 Å². The van der Waals surface area contributed by atoms with Crippen LogP contribution in [0.15, 0.2) is 42.5 Å². The number of fused-ring (bicyclic) bond motifs is 1. The predicted octanol–water partition coefficient (Wildman–Crippen LogP) is 3.83. The van der Waals surface area contributed by atoms with Crippen LogP contribution in [-0.4, -0.2) is 17.8 Å². The summed E-state index contributed by atoms with van der Waals surface area (Å²) in [6.07, 6.45) is 3.99. The molecule has 0 saturated carbocycles. The molecule has 0 aliphatic carbocycles. The number of rotatable bonds is 4. The molecular weight excluding hydrogens is 236 g/mol. The summed E-state index contributed by atoms with van der Waals surface area (Å²) in [6, 6.07) is 14.4. The number of hydrogen-bond acceptors (Lipinski definition) is 2.